The summed E-state index contributed by atoms with van der Waals surface area (Å²) in [5.41, 5.74) is 3.97. The highest BCUT2D eigenvalue weighted by molar-refractivity contribution is 6.01. The van der Waals surface area contributed by atoms with Gasteiger partial charge in [-0.25, -0.2) is 0 Å². The first-order valence-corrected chi connectivity index (χ1v) is 8.27. The lowest BCUT2D eigenvalue weighted by molar-refractivity contribution is 0.0941. The van der Waals surface area contributed by atoms with Gasteiger partial charge in [-0.1, -0.05) is 51.1 Å². The van der Waals surface area contributed by atoms with E-state index in [-0.39, 0.29) is 10.8 Å². The predicted molar refractivity (Wildman–Crippen MR) is 85.7 cm³/mol. The van der Waals surface area contributed by atoms with Crippen LogP contribution in [0.1, 0.15) is 67.9 Å². The quantitative estimate of drug-likeness (QED) is 0.624. The minimum Gasteiger partial charge on any atom is -0.294 e. The number of hydrogen-bond donors (Lipinski definition) is 0. The number of Topliss-reactive ketones (excluding diaryl/α,β-unsaturated/α-hetero) is 1. The maximum atomic E-state index is 12.7. The second kappa shape index (κ2) is 4.09. The summed E-state index contributed by atoms with van der Waals surface area (Å²) in [6.07, 6.45) is 9.17. The predicted octanol–water partition coefficient (Wildman–Crippen LogP) is 4.79. The number of fused-ring (bicyclic) bond motifs is 5. The molecule has 0 radical (unpaired) electrons. The van der Waals surface area contributed by atoms with Gasteiger partial charge in [0.25, 0.3) is 0 Å². The van der Waals surface area contributed by atoms with Crippen LogP contribution in [0.15, 0.2) is 30.4 Å². The van der Waals surface area contributed by atoms with Crippen LogP contribution >= 0.6 is 0 Å². The van der Waals surface area contributed by atoms with E-state index in [0.29, 0.717) is 11.7 Å². The topological polar surface area (TPSA) is 17.1 Å². The largest absolute Gasteiger partial charge is 0.294 e. The molecule has 4 rings (SSSR count). The van der Waals surface area contributed by atoms with Gasteiger partial charge in [-0.3, -0.25) is 4.79 Å². The molecule has 2 bridgehead atoms. The van der Waals surface area contributed by atoms with Crippen molar-refractivity contribution in [1.82, 2.24) is 0 Å². The van der Waals surface area contributed by atoms with Crippen LogP contribution in [0.4, 0.5) is 0 Å². The van der Waals surface area contributed by atoms with E-state index in [9.17, 15) is 4.79 Å². The molecule has 0 aromatic heterocycles. The van der Waals surface area contributed by atoms with Gasteiger partial charge in [0.1, 0.15) is 0 Å². The van der Waals surface area contributed by atoms with E-state index in [1.807, 2.05) is 0 Å². The van der Waals surface area contributed by atoms with Gasteiger partial charge in [0.05, 0.1) is 0 Å². The van der Waals surface area contributed by atoms with E-state index in [1.165, 1.54) is 24.0 Å². The lowest BCUT2D eigenvalue weighted by Gasteiger charge is -2.42. The Labute approximate surface area is 127 Å². The van der Waals surface area contributed by atoms with E-state index in [1.54, 1.807) is 0 Å². The standard InChI is InChI=1S/C20H24O/c1-19(2,3)15-5-4-6-16-18(15)17(21)9-10-20(16)12-13-7-8-14(20)11-13/h4-8,13-14H,9-12H2,1-3H3. The maximum absolute atomic E-state index is 12.7. The molecule has 1 heteroatoms. The molecular formula is C20H24O. The zero-order valence-electron chi connectivity index (χ0n) is 13.3. The summed E-state index contributed by atoms with van der Waals surface area (Å²) in [6, 6.07) is 6.59. The summed E-state index contributed by atoms with van der Waals surface area (Å²) in [7, 11) is 0. The molecule has 0 N–H and O–H groups in total. The molecule has 21 heavy (non-hydrogen) atoms. The number of hydrogen-bond acceptors (Lipinski definition) is 1. The molecule has 1 aromatic rings. The van der Waals surface area contributed by atoms with Crippen molar-refractivity contribution < 1.29 is 4.79 Å². The molecule has 110 valence electrons. The molecule has 1 spiro atoms. The second-order valence-corrected chi connectivity index (χ2v) is 8.25. The van der Waals surface area contributed by atoms with Gasteiger partial charge in [-0.05, 0) is 47.6 Å². The fraction of sp³-hybridized carbons (Fsp3) is 0.550. The molecule has 0 heterocycles. The monoisotopic (exact) mass is 280 g/mol. The van der Waals surface area contributed by atoms with Crippen LogP contribution in [-0.2, 0) is 10.8 Å². The number of carbonyl (C=O) groups excluding carboxylic acids is 1. The van der Waals surface area contributed by atoms with E-state index in [2.05, 4.69) is 51.1 Å². The highest BCUT2D eigenvalue weighted by atomic mass is 16.1. The molecule has 1 nitrogen and oxygen atoms in total. The molecule has 1 fully saturated rings. The zero-order valence-corrected chi connectivity index (χ0v) is 13.3. The fourth-order valence-electron chi connectivity index (χ4n) is 5.04. The van der Waals surface area contributed by atoms with E-state index >= 15 is 0 Å². The minimum absolute atomic E-state index is 0.0347. The van der Waals surface area contributed by atoms with Crippen LogP contribution in [0.3, 0.4) is 0 Å². The average Bonchev–Trinajstić information content (AvgIpc) is 3.03. The Morgan fingerprint density at radius 2 is 2.00 bits per heavy atom. The average molecular weight is 280 g/mol. The second-order valence-electron chi connectivity index (χ2n) is 8.25. The van der Waals surface area contributed by atoms with Gasteiger partial charge >= 0.3 is 0 Å². The molecule has 3 atom stereocenters. The number of benzene rings is 1. The Morgan fingerprint density at radius 3 is 2.62 bits per heavy atom. The van der Waals surface area contributed by atoms with E-state index < -0.39 is 0 Å². The normalized spacial score (nSPS) is 33.8. The maximum Gasteiger partial charge on any atom is 0.163 e. The van der Waals surface area contributed by atoms with Crippen LogP contribution in [0.25, 0.3) is 0 Å². The van der Waals surface area contributed by atoms with Gasteiger partial charge in [0, 0.05) is 17.4 Å². The molecule has 0 amide bonds. The Morgan fingerprint density at radius 1 is 1.19 bits per heavy atom. The summed E-state index contributed by atoms with van der Waals surface area (Å²) in [5.74, 6) is 1.77. The highest BCUT2D eigenvalue weighted by Gasteiger charge is 2.52. The lowest BCUT2D eigenvalue weighted by atomic mass is 9.61. The molecular weight excluding hydrogens is 256 g/mol. The first-order chi connectivity index (χ1) is 9.92. The van der Waals surface area contributed by atoms with Gasteiger partial charge in [-0.15, -0.1) is 0 Å². The lowest BCUT2D eigenvalue weighted by Crippen LogP contribution is -2.38. The van der Waals surface area contributed by atoms with Crippen molar-refractivity contribution in [2.24, 2.45) is 11.8 Å². The summed E-state index contributed by atoms with van der Waals surface area (Å²) in [5, 5.41) is 0. The number of rotatable bonds is 0. The van der Waals surface area contributed by atoms with Gasteiger partial charge < -0.3 is 0 Å². The number of ketones is 1. The smallest absolute Gasteiger partial charge is 0.163 e. The van der Waals surface area contributed by atoms with Crippen molar-refractivity contribution in [3.63, 3.8) is 0 Å². The SMILES string of the molecule is CC(C)(C)c1cccc2c1C(=O)CCC21CC2C=CC1C2. The molecule has 3 aliphatic carbocycles. The van der Waals surface area contributed by atoms with E-state index in [0.717, 1.165) is 24.3 Å². The Bertz CT molecular complexity index is 646. The van der Waals surface area contributed by atoms with Crippen molar-refractivity contribution in [3.05, 3.63) is 47.0 Å². The summed E-state index contributed by atoms with van der Waals surface area (Å²) < 4.78 is 0. The Balaban J connectivity index is 1.95. The van der Waals surface area contributed by atoms with Crippen molar-refractivity contribution in [2.75, 3.05) is 0 Å². The third-order valence-electron chi connectivity index (χ3n) is 5.99. The fourth-order valence-corrected chi connectivity index (χ4v) is 5.04. The molecule has 1 saturated carbocycles. The van der Waals surface area contributed by atoms with Crippen LogP contribution in [0.5, 0.6) is 0 Å². The molecule has 1 aromatic carbocycles. The van der Waals surface area contributed by atoms with Crippen LogP contribution < -0.4 is 0 Å². The van der Waals surface area contributed by atoms with Crippen molar-refractivity contribution in [1.29, 1.82) is 0 Å². The van der Waals surface area contributed by atoms with Crippen LogP contribution in [0.2, 0.25) is 0 Å². The van der Waals surface area contributed by atoms with Crippen LogP contribution in [0, 0.1) is 11.8 Å². The number of allylic oxidation sites excluding steroid dienone is 2. The first-order valence-electron chi connectivity index (χ1n) is 8.27. The molecule has 0 saturated heterocycles. The van der Waals surface area contributed by atoms with E-state index in [4.69, 9.17) is 0 Å². The summed E-state index contributed by atoms with van der Waals surface area (Å²) in [6.45, 7) is 6.66. The van der Waals surface area contributed by atoms with Gasteiger partial charge in [-0.2, -0.15) is 0 Å². The molecule has 3 unspecified atom stereocenters. The minimum atomic E-state index is 0.0347. The Kier molecular flexibility index (Phi) is 2.59. The van der Waals surface area contributed by atoms with Crippen molar-refractivity contribution >= 4 is 5.78 Å². The third-order valence-corrected chi connectivity index (χ3v) is 5.99. The molecule has 0 aliphatic heterocycles. The highest BCUT2D eigenvalue weighted by Crippen LogP contribution is 2.58. The van der Waals surface area contributed by atoms with Crippen LogP contribution in [-0.4, -0.2) is 5.78 Å². The van der Waals surface area contributed by atoms with Gasteiger partial charge in [0.2, 0.25) is 0 Å². The van der Waals surface area contributed by atoms with Crippen molar-refractivity contribution in [2.45, 2.75) is 57.3 Å². The van der Waals surface area contributed by atoms with Crippen molar-refractivity contribution in [3.8, 4) is 0 Å². The third kappa shape index (κ3) is 1.73. The Hall–Kier alpha value is -1.37. The molecule has 3 aliphatic rings. The first kappa shape index (κ1) is 13.3. The van der Waals surface area contributed by atoms with Gasteiger partial charge in [0.15, 0.2) is 5.78 Å². The summed E-state index contributed by atoms with van der Waals surface area (Å²) in [4.78, 5) is 12.7. The zero-order chi connectivity index (χ0) is 14.8. The summed E-state index contributed by atoms with van der Waals surface area (Å²) >= 11 is 0. The number of carbonyl (C=O) groups is 1.